The fourth-order valence-electron chi connectivity index (χ4n) is 9.27. The normalized spacial score (nSPS) is 14.9. The van der Waals surface area contributed by atoms with Crippen molar-refractivity contribution in [2.24, 2.45) is 33.6 Å². The van der Waals surface area contributed by atoms with Gasteiger partial charge in [-0.05, 0) is 68.5 Å². The molecule has 0 unspecified atom stereocenters. The van der Waals surface area contributed by atoms with E-state index in [2.05, 4.69) is 0 Å². The van der Waals surface area contributed by atoms with Crippen LogP contribution in [0.15, 0.2) is 48.5 Å². The molecule has 0 aliphatic carbocycles. The van der Waals surface area contributed by atoms with Gasteiger partial charge in [0.2, 0.25) is 0 Å². The zero-order chi connectivity index (χ0) is 84.4. The molecule has 0 saturated heterocycles. The molecule has 0 fully saturated rings. The second-order valence-electron chi connectivity index (χ2n) is 23.1. The first-order valence-corrected chi connectivity index (χ1v) is 111. The summed E-state index contributed by atoms with van der Waals surface area (Å²) in [6.07, 6.45) is 1.42. The van der Waals surface area contributed by atoms with Gasteiger partial charge in [0.25, 0.3) is 23.3 Å². The molecule has 624 valence electrons. The molecule has 0 aliphatic rings. The Labute approximate surface area is 768 Å². The third kappa shape index (κ3) is 43.8. The first-order valence-electron chi connectivity index (χ1n) is 29.1. The van der Waals surface area contributed by atoms with E-state index in [4.69, 9.17) is 390 Å². The Morgan fingerprint density at radius 1 is 0.275 bits per heavy atom. The van der Waals surface area contributed by atoms with Gasteiger partial charge < -0.3 is 18.9 Å². The number of ether oxygens (including phenoxy) is 4. The van der Waals surface area contributed by atoms with Gasteiger partial charge in [0, 0.05) is 47.8 Å². The minimum absolute atomic E-state index is 0.108. The summed E-state index contributed by atoms with van der Waals surface area (Å²) < 4.78 is 41.6. The van der Waals surface area contributed by atoms with Crippen LogP contribution in [-0.2, 0) is 72.8 Å². The van der Waals surface area contributed by atoms with Crippen LogP contribution in [0, 0.1) is 33.1 Å². The van der Waals surface area contributed by atoms with Crippen molar-refractivity contribution in [3.63, 3.8) is 0 Å². The number of rotatable bonds is 24. The van der Waals surface area contributed by atoms with Gasteiger partial charge in [-0.25, -0.2) is 0 Å². The molecule has 0 spiro atoms. The average molecular weight is 2690 g/mol. The first-order chi connectivity index (χ1) is 48.2. The maximum absolute atomic E-state index is 6.77. The Morgan fingerprint density at radius 3 is 0.532 bits per heavy atom. The van der Waals surface area contributed by atoms with Gasteiger partial charge in [-0.15, -0.1) is 18.7 Å². The zero-order valence-electron chi connectivity index (χ0n) is 56.0. The summed E-state index contributed by atoms with van der Waals surface area (Å²) in [5, 5.41) is 4.47. The van der Waals surface area contributed by atoms with Gasteiger partial charge in [0.1, 0.15) is 50.9 Å². The molecule has 8 aromatic rings. The van der Waals surface area contributed by atoms with Crippen LogP contribution < -0.4 is 18.7 Å². The number of hydrogen-bond acceptors (Lipinski definition) is 8. The first kappa shape index (κ1) is 108. The summed E-state index contributed by atoms with van der Waals surface area (Å²) in [5.74, 6) is 5.47. The van der Waals surface area contributed by atoms with Gasteiger partial charge in [-0.3, -0.25) is 0 Å². The topological polar surface area (TPSA) is 124 Å². The van der Waals surface area contributed by atoms with Crippen LogP contribution in [-0.4, -0.2) is 128 Å². The second kappa shape index (κ2) is 38.5. The Bertz CT molecular complexity index is 3930. The molecule has 0 amide bonds. The molecule has 4 aromatic heterocycles. The molecule has 0 radical (unpaired) electrons. The monoisotopic (exact) mass is 2670 g/mol. The molecule has 16 nitrogen and oxygen atoms in total. The molecular weight excluding hydrogens is 2630 g/mol. The molecule has 0 N–H and O–H groups in total. The second-order valence-corrected chi connectivity index (χ2v) is 256. The van der Waals surface area contributed by atoms with E-state index in [1.807, 2.05) is 93.3 Å². The van der Waals surface area contributed by atoms with Crippen molar-refractivity contribution < 1.29 is 37.7 Å². The van der Waals surface area contributed by atoms with Crippen molar-refractivity contribution in [1.29, 1.82) is 0 Å². The molecular formula is C53H56Cl36N12O4Sb4. The van der Waals surface area contributed by atoms with Crippen LogP contribution in [0.3, 0.4) is 0 Å². The van der Waals surface area contributed by atoms with Crippen LogP contribution in [0.5, 0.6) is 0 Å². The van der Waals surface area contributed by atoms with Gasteiger partial charge in [0.15, 0.2) is 0 Å². The van der Waals surface area contributed by atoms with Crippen molar-refractivity contribution in [2.75, 3.05) is 52.9 Å². The quantitative estimate of drug-likeness (QED) is 0.0333. The Morgan fingerprint density at radius 2 is 0.404 bits per heavy atom. The number of benzene rings is 4. The van der Waals surface area contributed by atoms with Crippen LogP contribution in [0.1, 0.15) is 46.6 Å². The summed E-state index contributed by atoms with van der Waals surface area (Å²) in [6, 6.07) is 13.1. The van der Waals surface area contributed by atoms with E-state index in [0.29, 0.717) is 132 Å². The predicted molar refractivity (Wildman–Crippen MR) is 482 cm³/mol. The molecule has 0 saturated carbocycles. The fraction of sp³-hybridized carbons (Fsp3) is 0.396. The summed E-state index contributed by atoms with van der Waals surface area (Å²) in [5.41, 5.74) is 1.18. The van der Waals surface area contributed by atoms with Crippen LogP contribution >= 0.6 is 351 Å². The summed E-state index contributed by atoms with van der Waals surface area (Å²) >= 11 is 79.5. The molecule has 109 heavy (non-hydrogen) atoms. The summed E-state index contributed by atoms with van der Waals surface area (Å²) in [7, 11) is 107. The third-order valence-corrected chi connectivity index (χ3v) is 16.7. The van der Waals surface area contributed by atoms with Crippen molar-refractivity contribution in [3.05, 3.63) is 155 Å². The Balaban J connectivity index is 0.000000757. The number of halogens is 36. The van der Waals surface area contributed by atoms with E-state index in [1.165, 1.54) is 0 Å². The van der Waals surface area contributed by atoms with Gasteiger partial charge in [-0.1, -0.05) is 139 Å². The number of aromatic nitrogens is 12. The minimum atomic E-state index is -5.42. The molecule has 4 heterocycles. The van der Waals surface area contributed by atoms with E-state index in [9.17, 15) is 0 Å². The van der Waals surface area contributed by atoms with Crippen LogP contribution in [0.2, 0.25) is 60.3 Å². The Hall–Kier alpha value is 6.99. The van der Waals surface area contributed by atoms with E-state index >= 15 is 0 Å². The summed E-state index contributed by atoms with van der Waals surface area (Å²) in [6.45, 7) is 8.84. The van der Waals surface area contributed by atoms with Crippen molar-refractivity contribution in [2.45, 2.75) is 53.4 Å². The molecule has 8 rings (SSSR count). The van der Waals surface area contributed by atoms with Gasteiger partial charge in [0.05, 0.1) is 124 Å². The van der Waals surface area contributed by atoms with E-state index in [-0.39, 0.29) is 52.9 Å². The molecule has 0 aliphatic heterocycles. The fourth-order valence-corrected chi connectivity index (χ4v) is 13.2. The maximum atomic E-state index is 6.77. The number of nitrogens with zero attached hydrogens (tertiary/aromatic N) is 12. The molecule has 0 bridgehead atoms. The van der Waals surface area contributed by atoms with Crippen molar-refractivity contribution in [1.82, 2.24) is 38.7 Å². The van der Waals surface area contributed by atoms with Crippen LogP contribution in [0.25, 0.3) is 22.7 Å². The molecule has 0 atom stereocenters. The molecule has 4 aromatic carbocycles. The standard InChI is InChI=1S/C53H56Cl12N12O4.24ClH.4Sb/c1-29-66-45(74(70(29)5)49-37(58)17-33(54)18-38(49)59)9-13-78-25-53(26-79-14-10-46-67-30(2)71(6)75(46)50-39(60)19-34(55)20-40(50)61,27-80-15-11-47-68-31(3)72(7)76(47)51-41(62)21-35(56)22-42(51)63)28-81-16-12-48-69-32(4)73(8)77(48)52-43(64)23-36(57)24-44(52)65;;;;;;;;;;;;;;;;;;;;;;;;;;;;/h17-24H,9-16,25-28H2,1-8H3;24*1H;;;;/q+4;;;;;;;;;;;;;;;;;;;;;;;;;4*+5/p-24. The average Bonchev–Trinajstić information content (AvgIpc) is 1.79. The number of hydrogen-bond donors (Lipinski definition) is 0. The van der Waals surface area contributed by atoms with Crippen molar-refractivity contribution >= 4 is 388 Å². The predicted octanol–water partition coefficient (Wildman–Crippen LogP) is 27.2. The SMILES string of the molecule is Cc1nc(CCOCC(COCCc2nc(C)[n+](C)n2-c2c(Cl)cc(Cl)cc2Cl)(COCCc2nc(C)[n+](C)n2-c2c(Cl)cc(Cl)cc2Cl)COCCc2nc(C)[n+](C)n2-c2c(Cl)cc(Cl)cc2Cl)n(-c2c(Cl)cc(Cl)cc2Cl)[n+]1C.[Cl][Sb-]([Cl])([Cl])([Cl])([Cl])[Cl].[Cl][Sb-]([Cl])([Cl])([Cl])([Cl])[Cl].[Cl][Sb-]([Cl])([Cl])([Cl])([Cl])[Cl].[Cl][Sb-]([Cl])([Cl])([Cl])([Cl])[Cl]. The molecule has 56 heteroatoms. The Kier molecular flexibility index (Phi) is 38.3. The number of aryl methyl sites for hydroxylation is 4. The van der Waals surface area contributed by atoms with E-state index in [0.717, 1.165) is 23.3 Å². The van der Waals surface area contributed by atoms with Gasteiger partial charge >= 0.3 is 272 Å². The van der Waals surface area contributed by atoms with E-state index < -0.39 is 42.0 Å². The van der Waals surface area contributed by atoms with Gasteiger partial charge in [-0.2, -0.15) is 18.7 Å². The summed E-state index contributed by atoms with van der Waals surface area (Å²) in [4.78, 5) is 19.5. The third-order valence-electron chi connectivity index (χ3n) is 13.5. The van der Waals surface area contributed by atoms with Crippen LogP contribution in [0.4, 0.5) is 0 Å². The van der Waals surface area contributed by atoms with E-state index in [1.54, 1.807) is 48.5 Å². The zero-order valence-corrected chi connectivity index (χ0v) is 93.4. The van der Waals surface area contributed by atoms with Crippen molar-refractivity contribution in [3.8, 4) is 22.7 Å².